The van der Waals surface area contributed by atoms with Crippen molar-refractivity contribution in [1.29, 1.82) is 0 Å². The van der Waals surface area contributed by atoms with Crippen LogP contribution in [0.2, 0.25) is 0 Å². The molecule has 3 heteroatoms. The Balaban J connectivity index is 2.01. The predicted octanol–water partition coefficient (Wildman–Crippen LogP) is 5.51. The number of anilines is 1. The Morgan fingerprint density at radius 3 is 2.35 bits per heavy atom. The molecule has 1 aromatic rings. The maximum absolute atomic E-state index is 3.63. The molecule has 17 heavy (non-hydrogen) atoms. The average Bonchev–Trinajstić information content (AvgIpc) is 2.17. The van der Waals surface area contributed by atoms with Gasteiger partial charge in [0.15, 0.2) is 0 Å². The van der Waals surface area contributed by atoms with E-state index < -0.39 is 0 Å². The number of benzene rings is 1. The molecule has 1 atom stereocenters. The van der Waals surface area contributed by atoms with Gasteiger partial charge in [0.05, 0.1) is 5.69 Å². The molecule has 0 amide bonds. The van der Waals surface area contributed by atoms with Crippen LogP contribution in [-0.4, -0.2) is 6.04 Å². The first kappa shape index (κ1) is 13.4. The van der Waals surface area contributed by atoms with Crippen LogP contribution in [0.4, 0.5) is 5.69 Å². The molecule has 0 saturated heterocycles. The molecule has 0 aliphatic heterocycles. The monoisotopic (exact) mass is 359 g/mol. The minimum atomic E-state index is 0.538. The summed E-state index contributed by atoms with van der Waals surface area (Å²) in [5, 5.41) is 3.61. The summed E-state index contributed by atoms with van der Waals surface area (Å²) in [7, 11) is 0. The SMILES string of the molecule is Cc1cc(Br)c(NC(C)CC2CCC2)c(Br)c1. The number of rotatable bonds is 4. The van der Waals surface area contributed by atoms with Crippen molar-refractivity contribution in [2.45, 2.75) is 45.6 Å². The minimum Gasteiger partial charge on any atom is -0.381 e. The van der Waals surface area contributed by atoms with Crippen molar-refractivity contribution in [3.8, 4) is 0 Å². The molecule has 1 aliphatic rings. The molecular formula is C14H19Br2N. The lowest BCUT2D eigenvalue weighted by Gasteiger charge is -2.29. The van der Waals surface area contributed by atoms with Crippen molar-refractivity contribution in [3.63, 3.8) is 0 Å². The van der Waals surface area contributed by atoms with Crippen molar-refractivity contribution < 1.29 is 0 Å². The van der Waals surface area contributed by atoms with Crippen LogP contribution in [0.25, 0.3) is 0 Å². The highest BCUT2D eigenvalue weighted by molar-refractivity contribution is 9.11. The maximum Gasteiger partial charge on any atom is 0.0631 e. The molecule has 1 nitrogen and oxygen atoms in total. The minimum absolute atomic E-state index is 0.538. The molecule has 0 bridgehead atoms. The van der Waals surface area contributed by atoms with Crippen molar-refractivity contribution in [2.75, 3.05) is 5.32 Å². The largest absolute Gasteiger partial charge is 0.381 e. The number of hydrogen-bond donors (Lipinski definition) is 1. The molecule has 1 fully saturated rings. The summed E-state index contributed by atoms with van der Waals surface area (Å²) >= 11 is 7.26. The normalized spacial score (nSPS) is 17.6. The lowest BCUT2D eigenvalue weighted by molar-refractivity contribution is 0.286. The van der Waals surface area contributed by atoms with E-state index in [0.29, 0.717) is 6.04 Å². The molecule has 0 heterocycles. The Morgan fingerprint density at radius 2 is 1.88 bits per heavy atom. The lowest BCUT2D eigenvalue weighted by Crippen LogP contribution is -2.23. The summed E-state index contributed by atoms with van der Waals surface area (Å²) < 4.78 is 2.29. The van der Waals surface area contributed by atoms with Crippen LogP contribution < -0.4 is 5.32 Å². The van der Waals surface area contributed by atoms with E-state index in [1.54, 1.807) is 0 Å². The van der Waals surface area contributed by atoms with E-state index in [1.165, 1.54) is 36.9 Å². The smallest absolute Gasteiger partial charge is 0.0631 e. The molecule has 94 valence electrons. The summed E-state index contributed by atoms with van der Waals surface area (Å²) in [6, 6.07) is 4.85. The lowest BCUT2D eigenvalue weighted by atomic mass is 9.81. The average molecular weight is 361 g/mol. The maximum atomic E-state index is 3.63. The molecule has 0 spiro atoms. The van der Waals surface area contributed by atoms with E-state index in [-0.39, 0.29) is 0 Å². The third kappa shape index (κ3) is 3.47. The van der Waals surface area contributed by atoms with Gasteiger partial charge in [0.2, 0.25) is 0 Å². The highest BCUT2D eigenvalue weighted by Gasteiger charge is 2.20. The number of nitrogens with one attached hydrogen (secondary N) is 1. The Morgan fingerprint density at radius 1 is 1.29 bits per heavy atom. The first-order valence-electron chi connectivity index (χ1n) is 6.28. The van der Waals surface area contributed by atoms with E-state index in [2.05, 4.69) is 63.2 Å². The van der Waals surface area contributed by atoms with Crippen LogP contribution in [0.5, 0.6) is 0 Å². The van der Waals surface area contributed by atoms with Gasteiger partial charge in [0.1, 0.15) is 0 Å². The zero-order valence-electron chi connectivity index (χ0n) is 10.4. The highest BCUT2D eigenvalue weighted by Crippen LogP contribution is 2.35. The predicted molar refractivity (Wildman–Crippen MR) is 81.6 cm³/mol. The zero-order valence-corrected chi connectivity index (χ0v) is 13.6. The van der Waals surface area contributed by atoms with Gasteiger partial charge in [-0.3, -0.25) is 0 Å². The summed E-state index contributed by atoms with van der Waals surface area (Å²) in [5.74, 6) is 0.945. The van der Waals surface area contributed by atoms with Crippen molar-refractivity contribution >= 4 is 37.5 Å². The van der Waals surface area contributed by atoms with Crippen LogP contribution in [0.3, 0.4) is 0 Å². The highest BCUT2D eigenvalue weighted by atomic mass is 79.9. The van der Waals surface area contributed by atoms with E-state index >= 15 is 0 Å². The van der Waals surface area contributed by atoms with Crippen LogP contribution >= 0.6 is 31.9 Å². The van der Waals surface area contributed by atoms with E-state index in [1.807, 2.05) is 0 Å². The van der Waals surface area contributed by atoms with Gasteiger partial charge in [-0.2, -0.15) is 0 Å². The zero-order chi connectivity index (χ0) is 12.4. The topological polar surface area (TPSA) is 12.0 Å². The third-order valence-corrected chi connectivity index (χ3v) is 4.74. The fourth-order valence-corrected chi connectivity index (χ4v) is 4.02. The van der Waals surface area contributed by atoms with Gasteiger partial charge >= 0.3 is 0 Å². The summed E-state index contributed by atoms with van der Waals surface area (Å²) in [6.07, 6.45) is 5.55. The van der Waals surface area contributed by atoms with E-state index in [4.69, 9.17) is 0 Å². The second kappa shape index (κ2) is 5.75. The quantitative estimate of drug-likeness (QED) is 0.746. The van der Waals surface area contributed by atoms with Crippen molar-refractivity contribution in [1.82, 2.24) is 0 Å². The van der Waals surface area contributed by atoms with Gasteiger partial charge in [-0.05, 0) is 75.7 Å². The van der Waals surface area contributed by atoms with Gasteiger partial charge < -0.3 is 5.32 Å². The second-order valence-electron chi connectivity index (χ2n) is 5.18. The van der Waals surface area contributed by atoms with E-state index in [9.17, 15) is 0 Å². The van der Waals surface area contributed by atoms with Gasteiger partial charge in [0, 0.05) is 15.0 Å². The standard InChI is InChI=1S/C14H19Br2N/c1-9-6-12(15)14(13(16)7-9)17-10(2)8-11-4-3-5-11/h6-7,10-11,17H,3-5,8H2,1-2H3. The molecule has 0 aromatic heterocycles. The number of halogens is 2. The van der Waals surface area contributed by atoms with Crippen LogP contribution in [0.1, 0.15) is 38.2 Å². The van der Waals surface area contributed by atoms with Crippen molar-refractivity contribution in [2.24, 2.45) is 5.92 Å². The molecule has 1 unspecified atom stereocenters. The Hall–Kier alpha value is -0.0200. The summed E-state index contributed by atoms with van der Waals surface area (Å²) in [6.45, 7) is 4.38. The number of hydrogen-bond acceptors (Lipinski definition) is 1. The van der Waals surface area contributed by atoms with Gasteiger partial charge in [-0.1, -0.05) is 19.3 Å². The molecule has 1 N–H and O–H groups in total. The van der Waals surface area contributed by atoms with Gasteiger partial charge in [-0.25, -0.2) is 0 Å². The molecular weight excluding hydrogens is 342 g/mol. The van der Waals surface area contributed by atoms with Crippen LogP contribution in [0, 0.1) is 12.8 Å². The molecule has 0 radical (unpaired) electrons. The molecule has 1 aliphatic carbocycles. The van der Waals surface area contributed by atoms with Gasteiger partial charge in [-0.15, -0.1) is 0 Å². The summed E-state index contributed by atoms with van der Waals surface area (Å²) in [5.41, 5.74) is 2.45. The Kier molecular flexibility index (Phi) is 4.53. The first-order chi connectivity index (χ1) is 8.06. The first-order valence-corrected chi connectivity index (χ1v) is 7.87. The molecule has 1 aromatic carbocycles. The number of aryl methyl sites for hydroxylation is 1. The Bertz CT molecular complexity index is 376. The third-order valence-electron chi connectivity index (χ3n) is 3.49. The molecule has 2 rings (SSSR count). The van der Waals surface area contributed by atoms with Gasteiger partial charge in [0.25, 0.3) is 0 Å². The fourth-order valence-electron chi connectivity index (χ4n) is 2.37. The Labute approximate surface area is 121 Å². The van der Waals surface area contributed by atoms with Crippen molar-refractivity contribution in [3.05, 3.63) is 26.6 Å². The molecule has 1 saturated carbocycles. The van der Waals surface area contributed by atoms with Crippen LogP contribution in [0.15, 0.2) is 21.1 Å². The summed E-state index contributed by atoms with van der Waals surface area (Å²) in [4.78, 5) is 0. The fraction of sp³-hybridized carbons (Fsp3) is 0.571. The van der Waals surface area contributed by atoms with E-state index in [0.717, 1.165) is 14.9 Å². The second-order valence-corrected chi connectivity index (χ2v) is 6.89. The van der Waals surface area contributed by atoms with Crippen LogP contribution in [-0.2, 0) is 0 Å².